The minimum absolute atomic E-state index is 0.141. The number of aryl methyl sites for hydroxylation is 1. The molecule has 1 atom stereocenters. The largest absolute Gasteiger partial charge is 0.468 e. The molecule has 1 amide bonds. The van der Waals surface area contributed by atoms with E-state index in [0.29, 0.717) is 6.54 Å². The molecule has 0 N–H and O–H groups in total. The van der Waals surface area contributed by atoms with Crippen molar-refractivity contribution in [1.29, 1.82) is 0 Å². The number of nitrogens with zero attached hydrogens (tertiary/aromatic N) is 5. The van der Waals surface area contributed by atoms with Gasteiger partial charge in [0, 0.05) is 26.2 Å². The van der Waals surface area contributed by atoms with Crippen LogP contribution in [0.25, 0.3) is 0 Å². The monoisotopic (exact) mass is 315 g/mol. The van der Waals surface area contributed by atoms with Crippen LogP contribution in [0.3, 0.4) is 0 Å². The average Bonchev–Trinajstić information content (AvgIpc) is 3.29. The van der Waals surface area contributed by atoms with Crippen molar-refractivity contribution in [2.45, 2.75) is 38.9 Å². The molecule has 4 rings (SSSR count). The van der Waals surface area contributed by atoms with E-state index in [9.17, 15) is 4.79 Å². The molecular weight excluding hydrogens is 294 g/mol. The van der Waals surface area contributed by atoms with Crippen molar-refractivity contribution in [3.8, 4) is 0 Å². The summed E-state index contributed by atoms with van der Waals surface area (Å²) in [4.78, 5) is 17.2. The van der Waals surface area contributed by atoms with Crippen LogP contribution >= 0.6 is 0 Å². The third-order valence-electron chi connectivity index (χ3n) is 4.78. The summed E-state index contributed by atoms with van der Waals surface area (Å²) in [5.41, 5.74) is 0. The summed E-state index contributed by atoms with van der Waals surface area (Å²) in [6.07, 6.45) is 3.84. The van der Waals surface area contributed by atoms with Crippen molar-refractivity contribution in [3.05, 3.63) is 35.8 Å². The number of carbonyl (C=O) groups excluding carboxylic acids is 1. The summed E-state index contributed by atoms with van der Waals surface area (Å²) in [5, 5.41) is 8.48. The second-order valence-electron chi connectivity index (χ2n) is 6.24. The van der Waals surface area contributed by atoms with Crippen LogP contribution < -0.4 is 0 Å². The molecule has 0 aromatic carbocycles. The van der Waals surface area contributed by atoms with Gasteiger partial charge in [-0.3, -0.25) is 9.69 Å². The highest BCUT2D eigenvalue weighted by atomic mass is 16.3. The topological polar surface area (TPSA) is 67.4 Å². The number of aromatic nitrogens is 3. The van der Waals surface area contributed by atoms with E-state index in [2.05, 4.69) is 19.7 Å². The van der Waals surface area contributed by atoms with Gasteiger partial charge >= 0.3 is 0 Å². The lowest BCUT2D eigenvalue weighted by atomic mass is 10.1. The number of likely N-dealkylation sites (tertiary alicyclic amines) is 1. The van der Waals surface area contributed by atoms with Crippen molar-refractivity contribution in [3.63, 3.8) is 0 Å². The van der Waals surface area contributed by atoms with Gasteiger partial charge in [-0.25, -0.2) is 0 Å². The summed E-state index contributed by atoms with van der Waals surface area (Å²) in [7, 11) is 0. The average molecular weight is 315 g/mol. The third kappa shape index (κ3) is 2.55. The molecule has 7 nitrogen and oxygen atoms in total. The molecule has 4 heterocycles. The smallest absolute Gasteiger partial charge is 0.247 e. The Morgan fingerprint density at radius 2 is 2.09 bits per heavy atom. The fraction of sp³-hybridized carbons (Fsp3) is 0.562. The minimum Gasteiger partial charge on any atom is -0.468 e. The summed E-state index contributed by atoms with van der Waals surface area (Å²) in [6, 6.07) is 3.46. The van der Waals surface area contributed by atoms with Gasteiger partial charge in [0.1, 0.15) is 11.6 Å². The van der Waals surface area contributed by atoms with E-state index in [0.717, 1.165) is 56.4 Å². The van der Waals surface area contributed by atoms with Gasteiger partial charge in [0.15, 0.2) is 11.9 Å². The fourth-order valence-corrected chi connectivity index (χ4v) is 3.55. The highest BCUT2D eigenvalue weighted by Gasteiger charge is 2.39. The van der Waals surface area contributed by atoms with Gasteiger partial charge in [-0.15, -0.1) is 10.2 Å². The van der Waals surface area contributed by atoms with E-state index in [1.165, 1.54) is 0 Å². The normalized spacial score (nSPS) is 21.6. The molecule has 0 bridgehead atoms. The van der Waals surface area contributed by atoms with Crippen LogP contribution in [0, 0.1) is 6.92 Å². The highest BCUT2D eigenvalue weighted by molar-refractivity contribution is 5.83. The second-order valence-corrected chi connectivity index (χ2v) is 6.24. The summed E-state index contributed by atoms with van der Waals surface area (Å²) < 4.78 is 7.54. The molecule has 0 saturated carbocycles. The van der Waals surface area contributed by atoms with E-state index in [1.807, 2.05) is 24.0 Å². The molecule has 1 unspecified atom stereocenters. The third-order valence-corrected chi connectivity index (χ3v) is 4.78. The number of amides is 1. The predicted octanol–water partition coefficient (Wildman–Crippen LogP) is 1.36. The molecule has 0 aliphatic carbocycles. The first-order valence-electron chi connectivity index (χ1n) is 8.19. The van der Waals surface area contributed by atoms with Crippen molar-refractivity contribution < 1.29 is 9.21 Å². The quantitative estimate of drug-likeness (QED) is 0.855. The van der Waals surface area contributed by atoms with E-state index in [1.54, 1.807) is 6.26 Å². The molecule has 1 fully saturated rings. The molecule has 23 heavy (non-hydrogen) atoms. The zero-order chi connectivity index (χ0) is 15.8. The summed E-state index contributed by atoms with van der Waals surface area (Å²) >= 11 is 0. The molecular formula is C16H21N5O2. The maximum atomic E-state index is 13.1. The Morgan fingerprint density at radius 1 is 1.26 bits per heavy atom. The van der Waals surface area contributed by atoms with E-state index in [-0.39, 0.29) is 11.9 Å². The Balaban J connectivity index is 1.66. The van der Waals surface area contributed by atoms with Crippen molar-refractivity contribution in [2.75, 3.05) is 19.6 Å². The molecule has 2 aliphatic rings. The van der Waals surface area contributed by atoms with Gasteiger partial charge in [0.05, 0.1) is 12.8 Å². The van der Waals surface area contributed by atoms with Gasteiger partial charge in [0.25, 0.3) is 0 Å². The lowest BCUT2D eigenvalue weighted by molar-refractivity contribution is -0.137. The molecule has 2 aliphatic heterocycles. The highest BCUT2D eigenvalue weighted by Crippen LogP contribution is 2.29. The van der Waals surface area contributed by atoms with Crippen LogP contribution in [0.1, 0.15) is 36.3 Å². The van der Waals surface area contributed by atoms with E-state index in [4.69, 9.17) is 4.42 Å². The van der Waals surface area contributed by atoms with Crippen LogP contribution in [-0.4, -0.2) is 50.1 Å². The van der Waals surface area contributed by atoms with Crippen LogP contribution in [0.2, 0.25) is 0 Å². The van der Waals surface area contributed by atoms with Crippen LogP contribution in [-0.2, 0) is 17.9 Å². The Kier molecular flexibility index (Phi) is 3.65. The molecule has 1 saturated heterocycles. The van der Waals surface area contributed by atoms with E-state index >= 15 is 0 Å². The summed E-state index contributed by atoms with van der Waals surface area (Å²) in [5.74, 6) is 2.64. The molecule has 122 valence electrons. The maximum absolute atomic E-state index is 13.1. The zero-order valence-corrected chi connectivity index (χ0v) is 13.3. The zero-order valence-electron chi connectivity index (χ0n) is 13.3. The predicted molar refractivity (Wildman–Crippen MR) is 82.4 cm³/mol. The van der Waals surface area contributed by atoms with Crippen molar-refractivity contribution in [1.82, 2.24) is 24.6 Å². The number of fused-ring (bicyclic) bond motifs is 1. The number of rotatable bonds is 3. The molecule has 7 heteroatoms. The van der Waals surface area contributed by atoms with E-state index < -0.39 is 0 Å². The van der Waals surface area contributed by atoms with Crippen molar-refractivity contribution >= 4 is 5.91 Å². The first kappa shape index (κ1) is 14.4. The summed E-state index contributed by atoms with van der Waals surface area (Å²) in [6.45, 7) is 5.84. The van der Waals surface area contributed by atoms with Gasteiger partial charge in [-0.05, 0) is 31.9 Å². The standard InChI is InChI=1S/C16H21N5O2/c1-12-17-18-15-14(16(22)19-6-2-3-7-19)20(8-9-21(12)15)11-13-5-4-10-23-13/h4-5,10,14H,2-3,6-9,11H2,1H3. The molecule has 2 aromatic heterocycles. The number of carbonyl (C=O) groups is 1. The number of hydrogen-bond donors (Lipinski definition) is 0. The minimum atomic E-state index is -0.367. The van der Waals surface area contributed by atoms with Gasteiger partial charge in [-0.2, -0.15) is 0 Å². The first-order chi connectivity index (χ1) is 11.2. The first-order valence-corrected chi connectivity index (χ1v) is 8.19. The Hall–Kier alpha value is -2.15. The van der Waals surface area contributed by atoms with Gasteiger partial charge < -0.3 is 13.9 Å². The second kappa shape index (κ2) is 5.81. The Bertz CT molecular complexity index is 687. The van der Waals surface area contributed by atoms with Gasteiger partial charge in [0.2, 0.25) is 5.91 Å². The molecule has 0 radical (unpaired) electrons. The van der Waals surface area contributed by atoms with Crippen LogP contribution in [0.5, 0.6) is 0 Å². The molecule has 2 aromatic rings. The lowest BCUT2D eigenvalue weighted by Crippen LogP contribution is -2.47. The number of furan rings is 1. The van der Waals surface area contributed by atoms with Crippen molar-refractivity contribution in [2.24, 2.45) is 0 Å². The molecule has 0 spiro atoms. The fourth-order valence-electron chi connectivity index (χ4n) is 3.55. The maximum Gasteiger partial charge on any atom is 0.247 e. The lowest BCUT2D eigenvalue weighted by Gasteiger charge is -2.36. The van der Waals surface area contributed by atoms with Crippen LogP contribution in [0.15, 0.2) is 22.8 Å². The SMILES string of the molecule is Cc1nnc2n1CCN(Cc1ccco1)C2C(=O)N1CCCC1. The van der Waals surface area contributed by atoms with Crippen LogP contribution in [0.4, 0.5) is 0 Å². The number of hydrogen-bond acceptors (Lipinski definition) is 5. The Morgan fingerprint density at radius 3 is 2.83 bits per heavy atom. The Labute approximate surface area is 134 Å². The van der Waals surface area contributed by atoms with Gasteiger partial charge in [-0.1, -0.05) is 0 Å².